The number of hydrazone groups is 1. The largest absolute Gasteiger partial charge is 0.316 e. The monoisotopic (exact) mass is 497 g/mol. The maximum absolute atomic E-state index is 12.4. The van der Waals surface area contributed by atoms with Crippen LogP contribution in [0, 0.1) is 27.7 Å². The number of aryl methyl sites for hydroxylation is 2. The number of benzene rings is 2. The van der Waals surface area contributed by atoms with Crippen LogP contribution in [0.15, 0.2) is 58.1 Å². The van der Waals surface area contributed by atoms with E-state index in [0.717, 1.165) is 32.9 Å². The second-order valence-corrected chi connectivity index (χ2v) is 9.82. The Balaban J connectivity index is 1.71. The molecule has 3 rings (SSSR count). The van der Waals surface area contributed by atoms with Crippen molar-refractivity contribution in [3.8, 4) is 5.69 Å². The number of rotatable bonds is 7. The third-order valence-electron chi connectivity index (χ3n) is 5.30. The predicted molar refractivity (Wildman–Crippen MR) is 135 cm³/mol. The van der Waals surface area contributed by atoms with Gasteiger partial charge in [-0.15, -0.1) is 11.8 Å². The maximum Gasteiger partial charge on any atom is 0.252 e. The molecule has 0 spiro atoms. The predicted octanol–water partition coefficient (Wildman–Crippen LogP) is 6.25. The summed E-state index contributed by atoms with van der Waals surface area (Å²) in [4.78, 5) is 12.4. The zero-order valence-electron chi connectivity index (χ0n) is 18.6. The Morgan fingerprint density at radius 2 is 1.84 bits per heavy atom. The van der Waals surface area contributed by atoms with E-state index in [9.17, 15) is 4.79 Å². The average molecular weight is 498 g/mol. The number of hydrogen-bond acceptors (Lipinski definition) is 3. The highest BCUT2D eigenvalue weighted by molar-refractivity contribution is 9.10. The minimum Gasteiger partial charge on any atom is -0.316 e. The summed E-state index contributed by atoms with van der Waals surface area (Å²) >= 11 is 5.31. The Morgan fingerprint density at radius 3 is 2.55 bits per heavy atom. The molecule has 0 saturated carbocycles. The highest BCUT2D eigenvalue weighted by Gasteiger charge is 2.17. The summed E-state index contributed by atoms with van der Waals surface area (Å²) in [5.74, 6) is 0.693. The average Bonchev–Trinajstić information content (AvgIpc) is 2.97. The van der Waals surface area contributed by atoms with Gasteiger partial charge in [-0.25, -0.2) is 5.43 Å². The lowest BCUT2D eigenvalue weighted by Crippen LogP contribution is -2.27. The minimum atomic E-state index is -0.192. The molecule has 0 aliphatic rings. The van der Waals surface area contributed by atoms with Crippen molar-refractivity contribution in [1.29, 1.82) is 0 Å². The second kappa shape index (κ2) is 10.3. The van der Waals surface area contributed by atoms with E-state index in [1.165, 1.54) is 16.7 Å². The summed E-state index contributed by atoms with van der Waals surface area (Å²) < 4.78 is 3.21. The molecule has 0 bridgehead atoms. The summed E-state index contributed by atoms with van der Waals surface area (Å²) in [5, 5.41) is 4.05. The zero-order chi connectivity index (χ0) is 22.5. The zero-order valence-corrected chi connectivity index (χ0v) is 21.0. The third kappa shape index (κ3) is 5.49. The molecule has 0 radical (unpaired) electrons. The Bertz CT molecular complexity index is 1110. The Kier molecular flexibility index (Phi) is 7.79. The molecule has 31 heavy (non-hydrogen) atoms. The molecule has 1 N–H and O–H groups in total. The lowest BCUT2D eigenvalue weighted by atomic mass is 10.1. The maximum atomic E-state index is 12.4. The Morgan fingerprint density at radius 1 is 1.13 bits per heavy atom. The number of carbonyl (C=O) groups excluding carboxylic acids is 1. The van der Waals surface area contributed by atoms with Crippen molar-refractivity contribution in [3.63, 3.8) is 0 Å². The molecule has 4 nitrogen and oxygen atoms in total. The first-order valence-electron chi connectivity index (χ1n) is 10.2. The summed E-state index contributed by atoms with van der Waals surface area (Å²) in [7, 11) is 0. The third-order valence-corrected chi connectivity index (χ3v) is 7.52. The molecule has 1 heterocycles. The lowest BCUT2D eigenvalue weighted by molar-refractivity contribution is -0.120. The number of amides is 1. The SMILES string of the molecule is Cc1ccc(C)c(-n2c(C)c(Br)c(/C=N\NC(=O)[C@@H](C)SCc3ccccc3)c2C)c1. The smallest absolute Gasteiger partial charge is 0.252 e. The first-order chi connectivity index (χ1) is 14.8. The quantitative estimate of drug-likeness (QED) is 0.309. The molecular formula is C25H28BrN3OS. The topological polar surface area (TPSA) is 46.4 Å². The van der Waals surface area contributed by atoms with Gasteiger partial charge >= 0.3 is 0 Å². The van der Waals surface area contributed by atoms with Gasteiger partial charge in [-0.05, 0) is 73.3 Å². The number of nitrogens with zero attached hydrogens (tertiary/aromatic N) is 2. The van der Waals surface area contributed by atoms with E-state index in [0.29, 0.717) is 0 Å². The molecule has 0 unspecified atom stereocenters. The summed E-state index contributed by atoms with van der Waals surface area (Å²) in [6.45, 7) is 10.3. The highest BCUT2D eigenvalue weighted by atomic mass is 79.9. The van der Waals surface area contributed by atoms with Gasteiger partial charge in [0.1, 0.15) is 0 Å². The summed E-state index contributed by atoms with van der Waals surface area (Å²) in [6.07, 6.45) is 1.72. The number of aromatic nitrogens is 1. The van der Waals surface area contributed by atoms with E-state index in [1.807, 2.05) is 25.1 Å². The van der Waals surface area contributed by atoms with Crippen molar-refractivity contribution in [1.82, 2.24) is 9.99 Å². The molecule has 1 atom stereocenters. The van der Waals surface area contributed by atoms with Crippen molar-refractivity contribution in [3.05, 3.63) is 86.6 Å². The highest BCUT2D eigenvalue weighted by Crippen LogP contribution is 2.31. The van der Waals surface area contributed by atoms with Crippen LogP contribution in [0.4, 0.5) is 0 Å². The van der Waals surface area contributed by atoms with Crippen molar-refractivity contribution in [2.24, 2.45) is 5.10 Å². The van der Waals surface area contributed by atoms with Crippen LogP contribution in [-0.4, -0.2) is 21.9 Å². The molecule has 0 aliphatic carbocycles. The van der Waals surface area contributed by atoms with Gasteiger partial charge in [0.2, 0.25) is 0 Å². The number of nitrogens with one attached hydrogen (secondary N) is 1. The molecule has 3 aromatic rings. The van der Waals surface area contributed by atoms with Gasteiger partial charge in [0.25, 0.3) is 5.91 Å². The fraction of sp³-hybridized carbons (Fsp3) is 0.280. The molecule has 1 aromatic heterocycles. The van der Waals surface area contributed by atoms with Gasteiger partial charge in [0, 0.05) is 32.9 Å². The van der Waals surface area contributed by atoms with Crippen LogP contribution in [-0.2, 0) is 10.5 Å². The molecule has 6 heteroatoms. The molecule has 162 valence electrons. The lowest BCUT2D eigenvalue weighted by Gasteiger charge is -2.13. The first-order valence-corrected chi connectivity index (χ1v) is 12.1. The molecule has 0 fully saturated rings. The fourth-order valence-electron chi connectivity index (χ4n) is 3.42. The first kappa shape index (κ1) is 23.4. The summed E-state index contributed by atoms with van der Waals surface area (Å²) in [5.41, 5.74) is 10.6. The number of carbonyl (C=O) groups is 1. The van der Waals surface area contributed by atoms with E-state index >= 15 is 0 Å². The van der Waals surface area contributed by atoms with Gasteiger partial charge in [0.15, 0.2) is 0 Å². The van der Waals surface area contributed by atoms with Crippen LogP contribution in [0.2, 0.25) is 0 Å². The molecular weight excluding hydrogens is 470 g/mol. The standard InChI is InChI=1S/C25H28BrN3OS/c1-16-11-12-17(2)23(13-16)29-18(3)22(24(26)19(29)4)14-27-28-25(30)20(5)31-15-21-9-7-6-8-10-21/h6-14,20H,15H2,1-5H3,(H,28,30)/b27-14-/t20-/m1/s1. The normalized spacial score (nSPS) is 12.3. The Labute approximate surface area is 197 Å². The van der Waals surface area contributed by atoms with Gasteiger partial charge in [-0.3, -0.25) is 4.79 Å². The van der Waals surface area contributed by atoms with Crippen LogP contribution in [0.5, 0.6) is 0 Å². The summed E-state index contributed by atoms with van der Waals surface area (Å²) in [6, 6.07) is 16.6. The van der Waals surface area contributed by atoms with Crippen LogP contribution in [0.25, 0.3) is 5.69 Å². The van der Waals surface area contributed by atoms with Crippen LogP contribution >= 0.6 is 27.7 Å². The molecule has 0 aliphatic heterocycles. The fourth-order valence-corrected chi connectivity index (χ4v) is 4.82. The van der Waals surface area contributed by atoms with Crippen LogP contribution in [0.1, 0.15) is 40.6 Å². The van der Waals surface area contributed by atoms with Crippen LogP contribution < -0.4 is 5.43 Å². The number of thioether (sulfide) groups is 1. The van der Waals surface area contributed by atoms with E-state index in [-0.39, 0.29) is 11.2 Å². The van der Waals surface area contributed by atoms with Crippen molar-refractivity contribution >= 4 is 39.8 Å². The van der Waals surface area contributed by atoms with Gasteiger partial charge in [0.05, 0.1) is 11.5 Å². The van der Waals surface area contributed by atoms with Crippen molar-refractivity contribution in [2.45, 2.75) is 45.6 Å². The van der Waals surface area contributed by atoms with Crippen molar-refractivity contribution in [2.75, 3.05) is 0 Å². The van der Waals surface area contributed by atoms with Crippen molar-refractivity contribution < 1.29 is 4.79 Å². The van der Waals surface area contributed by atoms with Crippen LogP contribution in [0.3, 0.4) is 0 Å². The molecule has 1 amide bonds. The second-order valence-electron chi connectivity index (χ2n) is 7.70. The van der Waals surface area contributed by atoms with E-state index < -0.39 is 0 Å². The van der Waals surface area contributed by atoms with Gasteiger partial charge in [-0.1, -0.05) is 42.5 Å². The van der Waals surface area contributed by atoms with Gasteiger partial charge in [-0.2, -0.15) is 5.10 Å². The minimum absolute atomic E-state index is 0.100. The Hall–Kier alpha value is -2.31. The van der Waals surface area contributed by atoms with Gasteiger partial charge < -0.3 is 4.57 Å². The number of hydrogen-bond donors (Lipinski definition) is 1. The van der Waals surface area contributed by atoms with E-state index in [4.69, 9.17) is 0 Å². The van der Waals surface area contributed by atoms with E-state index in [1.54, 1.807) is 18.0 Å². The molecule has 2 aromatic carbocycles. The number of halogens is 1. The van der Waals surface area contributed by atoms with E-state index in [2.05, 4.69) is 89.1 Å². The molecule has 0 saturated heterocycles.